The number of hydrogen-bond donors (Lipinski definition) is 0. The van der Waals surface area contributed by atoms with E-state index >= 15 is 0 Å². The average molecular weight is 372 g/mol. The molecule has 110 valence electrons. The first-order valence-corrected chi connectivity index (χ1v) is 7.95. The Morgan fingerprint density at radius 1 is 1.19 bits per heavy atom. The van der Waals surface area contributed by atoms with Crippen LogP contribution in [0.25, 0.3) is 0 Å². The van der Waals surface area contributed by atoms with E-state index in [9.17, 15) is 18.5 Å². The van der Waals surface area contributed by atoms with Crippen LogP contribution in [0.1, 0.15) is 5.56 Å². The molecule has 6 nitrogen and oxygen atoms in total. The summed E-state index contributed by atoms with van der Waals surface area (Å²) in [6.45, 7) is 1.73. The maximum Gasteiger partial charge on any atom is 0.339 e. The SMILES string of the molecule is Cc1cc(S(=O)(=O)Oc2ccccc2[N+](=O)[O-])ccc1Br. The van der Waals surface area contributed by atoms with Gasteiger partial charge in [-0.15, -0.1) is 0 Å². The van der Waals surface area contributed by atoms with Crippen LogP contribution in [0.5, 0.6) is 5.75 Å². The van der Waals surface area contributed by atoms with Crippen LogP contribution >= 0.6 is 15.9 Å². The molecule has 0 radical (unpaired) electrons. The van der Waals surface area contributed by atoms with Gasteiger partial charge in [-0.3, -0.25) is 10.1 Å². The molecule has 0 spiro atoms. The predicted octanol–water partition coefficient (Wildman–Crippen LogP) is 3.43. The number of benzene rings is 2. The maximum atomic E-state index is 12.2. The Labute approximate surface area is 129 Å². The second-order valence-corrected chi connectivity index (χ2v) is 6.57. The molecule has 0 fully saturated rings. The summed E-state index contributed by atoms with van der Waals surface area (Å²) in [6.07, 6.45) is 0. The van der Waals surface area contributed by atoms with Crippen molar-refractivity contribution in [2.24, 2.45) is 0 Å². The highest BCUT2D eigenvalue weighted by Crippen LogP contribution is 2.29. The highest BCUT2D eigenvalue weighted by atomic mass is 79.9. The minimum absolute atomic E-state index is 0.0682. The fraction of sp³-hybridized carbons (Fsp3) is 0.0769. The van der Waals surface area contributed by atoms with E-state index in [0.29, 0.717) is 5.56 Å². The number of hydrogen-bond acceptors (Lipinski definition) is 5. The smallest absolute Gasteiger partial charge is 0.339 e. The monoisotopic (exact) mass is 371 g/mol. The first kappa shape index (κ1) is 15.5. The van der Waals surface area contributed by atoms with Crippen molar-refractivity contribution in [3.05, 3.63) is 62.6 Å². The Bertz CT molecular complexity index is 804. The molecule has 0 heterocycles. The van der Waals surface area contributed by atoms with Gasteiger partial charge in [0, 0.05) is 10.5 Å². The molecule has 0 aliphatic rings. The average Bonchev–Trinajstić information content (AvgIpc) is 2.41. The molecule has 0 saturated heterocycles. The predicted molar refractivity (Wildman–Crippen MR) is 79.8 cm³/mol. The lowest BCUT2D eigenvalue weighted by Gasteiger charge is -2.08. The van der Waals surface area contributed by atoms with Crippen molar-refractivity contribution in [2.45, 2.75) is 11.8 Å². The summed E-state index contributed by atoms with van der Waals surface area (Å²) < 4.78 is 30.0. The van der Waals surface area contributed by atoms with Gasteiger partial charge in [0.2, 0.25) is 5.75 Å². The molecule has 0 aliphatic carbocycles. The Balaban J connectivity index is 2.42. The Kier molecular flexibility index (Phi) is 4.29. The molecule has 0 amide bonds. The largest absolute Gasteiger partial charge is 0.372 e. The quantitative estimate of drug-likeness (QED) is 0.466. The van der Waals surface area contributed by atoms with Crippen LogP contribution in [-0.2, 0) is 10.1 Å². The van der Waals surface area contributed by atoms with Crippen molar-refractivity contribution in [1.82, 2.24) is 0 Å². The third-order valence-corrected chi connectivity index (χ3v) is 4.80. The second-order valence-electron chi connectivity index (χ2n) is 4.17. The van der Waals surface area contributed by atoms with E-state index in [1.165, 1.54) is 36.4 Å². The molecular weight excluding hydrogens is 362 g/mol. The van der Waals surface area contributed by atoms with Crippen LogP contribution < -0.4 is 4.18 Å². The maximum absolute atomic E-state index is 12.2. The van der Waals surface area contributed by atoms with Crippen molar-refractivity contribution in [1.29, 1.82) is 0 Å². The first-order valence-electron chi connectivity index (χ1n) is 5.75. The van der Waals surface area contributed by atoms with Crippen molar-refractivity contribution in [2.75, 3.05) is 0 Å². The van der Waals surface area contributed by atoms with Gasteiger partial charge in [0.15, 0.2) is 0 Å². The summed E-state index contributed by atoms with van der Waals surface area (Å²) in [5.41, 5.74) is 0.303. The van der Waals surface area contributed by atoms with Crippen LogP contribution in [0, 0.1) is 17.0 Å². The second kappa shape index (κ2) is 5.82. The lowest BCUT2D eigenvalue weighted by molar-refractivity contribution is -0.385. The molecular formula is C13H10BrNO5S. The van der Waals surface area contributed by atoms with Gasteiger partial charge in [-0.05, 0) is 36.8 Å². The van der Waals surface area contributed by atoms with Crippen molar-refractivity contribution < 1.29 is 17.5 Å². The molecule has 0 bridgehead atoms. The highest BCUT2D eigenvalue weighted by Gasteiger charge is 2.23. The fourth-order valence-corrected chi connectivity index (χ4v) is 2.89. The lowest BCUT2D eigenvalue weighted by atomic mass is 10.2. The van der Waals surface area contributed by atoms with Crippen LogP contribution in [0.4, 0.5) is 5.69 Å². The van der Waals surface area contributed by atoms with Gasteiger partial charge in [-0.2, -0.15) is 8.42 Å². The van der Waals surface area contributed by atoms with Crippen molar-refractivity contribution in [3.8, 4) is 5.75 Å². The minimum Gasteiger partial charge on any atom is -0.372 e. The number of rotatable bonds is 4. The zero-order chi connectivity index (χ0) is 15.6. The summed E-state index contributed by atoms with van der Waals surface area (Å²) in [5.74, 6) is -0.317. The molecule has 21 heavy (non-hydrogen) atoms. The van der Waals surface area contributed by atoms with Gasteiger partial charge >= 0.3 is 15.8 Å². The van der Waals surface area contributed by atoms with E-state index in [1.54, 1.807) is 13.0 Å². The first-order chi connectivity index (χ1) is 9.81. The number of nitrogens with zero attached hydrogens (tertiary/aromatic N) is 1. The summed E-state index contributed by atoms with van der Waals surface area (Å²) in [5, 5.41) is 10.9. The van der Waals surface area contributed by atoms with E-state index in [0.717, 1.165) is 4.47 Å². The molecule has 0 unspecified atom stereocenters. The summed E-state index contributed by atoms with van der Waals surface area (Å²) >= 11 is 3.27. The van der Waals surface area contributed by atoms with Gasteiger partial charge in [0.1, 0.15) is 4.90 Å². The van der Waals surface area contributed by atoms with E-state index in [4.69, 9.17) is 4.18 Å². The van der Waals surface area contributed by atoms with E-state index in [1.807, 2.05) is 0 Å². The van der Waals surface area contributed by atoms with Crippen molar-refractivity contribution in [3.63, 3.8) is 0 Å². The normalized spacial score (nSPS) is 11.1. The topological polar surface area (TPSA) is 86.5 Å². The lowest BCUT2D eigenvalue weighted by Crippen LogP contribution is -2.11. The van der Waals surface area contributed by atoms with E-state index < -0.39 is 20.7 Å². The third kappa shape index (κ3) is 3.40. The molecule has 0 N–H and O–H groups in total. The number of aryl methyl sites for hydroxylation is 1. The summed E-state index contributed by atoms with van der Waals surface area (Å²) in [6, 6.07) is 9.67. The summed E-state index contributed by atoms with van der Waals surface area (Å²) in [4.78, 5) is 10.1. The van der Waals surface area contributed by atoms with Crippen LogP contribution in [0.3, 0.4) is 0 Å². The standard InChI is InChI=1S/C13H10BrNO5S/c1-9-8-10(6-7-11(9)14)21(18,19)20-13-5-3-2-4-12(13)15(16)17/h2-8H,1H3. The van der Waals surface area contributed by atoms with Crippen LogP contribution in [-0.4, -0.2) is 13.3 Å². The molecule has 0 saturated carbocycles. The highest BCUT2D eigenvalue weighted by molar-refractivity contribution is 9.10. The Morgan fingerprint density at radius 2 is 1.86 bits per heavy atom. The van der Waals surface area contributed by atoms with Crippen LogP contribution in [0.2, 0.25) is 0 Å². The van der Waals surface area contributed by atoms with E-state index in [-0.39, 0.29) is 10.6 Å². The molecule has 2 aromatic carbocycles. The van der Waals surface area contributed by atoms with Gasteiger partial charge in [0.05, 0.1) is 4.92 Å². The number of para-hydroxylation sites is 2. The Hall–Kier alpha value is -1.93. The number of nitro groups is 1. The molecule has 0 aromatic heterocycles. The number of halogens is 1. The van der Waals surface area contributed by atoms with Gasteiger partial charge < -0.3 is 4.18 Å². The number of nitro benzene ring substituents is 1. The molecule has 2 aromatic rings. The molecule has 0 aliphatic heterocycles. The summed E-state index contributed by atoms with van der Waals surface area (Å²) in [7, 11) is -4.13. The molecule has 2 rings (SSSR count). The van der Waals surface area contributed by atoms with Gasteiger partial charge in [0.25, 0.3) is 0 Å². The van der Waals surface area contributed by atoms with Gasteiger partial charge in [-0.1, -0.05) is 28.1 Å². The minimum atomic E-state index is -4.13. The Morgan fingerprint density at radius 3 is 2.48 bits per heavy atom. The zero-order valence-corrected chi connectivity index (χ0v) is 13.2. The zero-order valence-electron chi connectivity index (χ0n) is 10.8. The van der Waals surface area contributed by atoms with Crippen LogP contribution in [0.15, 0.2) is 51.8 Å². The van der Waals surface area contributed by atoms with Gasteiger partial charge in [-0.25, -0.2) is 0 Å². The third-order valence-electron chi connectivity index (χ3n) is 2.68. The fourth-order valence-electron chi connectivity index (χ4n) is 1.62. The molecule has 8 heteroatoms. The van der Waals surface area contributed by atoms with Crippen molar-refractivity contribution >= 4 is 31.7 Å². The molecule has 0 atom stereocenters. The van der Waals surface area contributed by atoms with E-state index in [2.05, 4.69) is 15.9 Å².